The average Bonchev–Trinajstić information content (AvgIpc) is 2.63. The van der Waals surface area contributed by atoms with Gasteiger partial charge in [-0.1, -0.05) is 26.2 Å². The van der Waals surface area contributed by atoms with E-state index in [2.05, 4.69) is 12.2 Å². The highest BCUT2D eigenvalue weighted by molar-refractivity contribution is 5.74. The van der Waals surface area contributed by atoms with Gasteiger partial charge in [-0.3, -0.25) is 4.79 Å². The van der Waals surface area contributed by atoms with Crippen molar-refractivity contribution in [3.8, 4) is 0 Å². The minimum atomic E-state index is -0.745. The van der Waals surface area contributed by atoms with Crippen molar-refractivity contribution < 1.29 is 14.7 Å². The Morgan fingerprint density at radius 1 is 1.24 bits per heavy atom. The number of nitrogens with one attached hydrogen (secondary N) is 1. The Hall–Kier alpha value is -1.26. The number of likely N-dealkylation sites (tertiary alicyclic amines) is 1. The molecule has 0 aromatic heterocycles. The fraction of sp³-hybridized carbons (Fsp3) is 0.875. The first kappa shape index (κ1) is 17.8. The predicted molar refractivity (Wildman–Crippen MR) is 83.3 cm³/mol. The quantitative estimate of drug-likeness (QED) is 0.791. The van der Waals surface area contributed by atoms with Crippen LogP contribution in [0.25, 0.3) is 0 Å². The van der Waals surface area contributed by atoms with Gasteiger partial charge in [-0.25, -0.2) is 4.79 Å². The summed E-state index contributed by atoms with van der Waals surface area (Å²) < 4.78 is 0. The Morgan fingerprint density at radius 3 is 2.62 bits per heavy atom. The standard InChI is InChI=1S/C16H30N2O3/c1-12(15(19)20)8-7-9-13(2)17-16(21)18-11-6-4-5-10-14(18)3/h12-14H,4-11H2,1-3H3,(H,17,21)(H,19,20). The van der Waals surface area contributed by atoms with Gasteiger partial charge in [-0.2, -0.15) is 0 Å². The average molecular weight is 298 g/mol. The van der Waals surface area contributed by atoms with Gasteiger partial charge >= 0.3 is 12.0 Å². The zero-order valence-electron chi connectivity index (χ0n) is 13.6. The van der Waals surface area contributed by atoms with Crippen molar-refractivity contribution in [2.75, 3.05) is 6.54 Å². The van der Waals surface area contributed by atoms with Crippen molar-refractivity contribution in [2.24, 2.45) is 5.92 Å². The number of carbonyl (C=O) groups excluding carboxylic acids is 1. The Bertz CT molecular complexity index is 346. The van der Waals surface area contributed by atoms with Crippen molar-refractivity contribution in [3.63, 3.8) is 0 Å². The van der Waals surface area contributed by atoms with E-state index < -0.39 is 5.97 Å². The van der Waals surface area contributed by atoms with Crippen LogP contribution >= 0.6 is 0 Å². The molecule has 2 N–H and O–H groups in total. The second kappa shape index (κ2) is 8.90. The van der Waals surface area contributed by atoms with Crippen LogP contribution in [-0.4, -0.2) is 40.6 Å². The van der Waals surface area contributed by atoms with E-state index in [1.807, 2.05) is 11.8 Å². The highest BCUT2D eigenvalue weighted by atomic mass is 16.4. The molecule has 5 nitrogen and oxygen atoms in total. The molecule has 0 aromatic rings. The summed E-state index contributed by atoms with van der Waals surface area (Å²) in [6.07, 6.45) is 6.89. The molecule has 1 saturated heterocycles. The summed E-state index contributed by atoms with van der Waals surface area (Å²) in [5, 5.41) is 11.9. The molecule has 0 radical (unpaired) electrons. The molecular weight excluding hydrogens is 268 g/mol. The van der Waals surface area contributed by atoms with Crippen molar-refractivity contribution >= 4 is 12.0 Å². The molecule has 0 spiro atoms. The summed E-state index contributed by atoms with van der Waals surface area (Å²) in [4.78, 5) is 25.0. The lowest BCUT2D eigenvalue weighted by Crippen LogP contribution is -2.47. The Labute approximate surface area is 128 Å². The van der Waals surface area contributed by atoms with Crippen LogP contribution in [0, 0.1) is 5.92 Å². The van der Waals surface area contributed by atoms with Crippen molar-refractivity contribution in [1.82, 2.24) is 10.2 Å². The maximum absolute atomic E-state index is 12.3. The molecule has 1 fully saturated rings. The molecular formula is C16H30N2O3. The highest BCUT2D eigenvalue weighted by Crippen LogP contribution is 2.17. The zero-order chi connectivity index (χ0) is 15.8. The maximum atomic E-state index is 12.3. The lowest BCUT2D eigenvalue weighted by atomic mass is 10.0. The predicted octanol–water partition coefficient (Wildman–Crippen LogP) is 3.24. The SMILES string of the molecule is CC(CCCC(C)C(=O)O)NC(=O)N1CCCCCC1C. The normalized spacial score (nSPS) is 22.2. The largest absolute Gasteiger partial charge is 0.481 e. The topological polar surface area (TPSA) is 69.6 Å². The van der Waals surface area contributed by atoms with Gasteiger partial charge in [0.05, 0.1) is 5.92 Å². The summed E-state index contributed by atoms with van der Waals surface area (Å²) in [5.41, 5.74) is 0. The van der Waals surface area contributed by atoms with Gasteiger partial charge in [0, 0.05) is 18.6 Å². The van der Waals surface area contributed by atoms with Crippen LogP contribution in [0.1, 0.15) is 65.7 Å². The number of hydrogen-bond donors (Lipinski definition) is 2. The maximum Gasteiger partial charge on any atom is 0.317 e. The number of aliphatic carboxylic acids is 1. The van der Waals surface area contributed by atoms with Gasteiger partial charge in [0.15, 0.2) is 0 Å². The second-order valence-electron chi connectivity index (χ2n) is 6.41. The van der Waals surface area contributed by atoms with Crippen molar-refractivity contribution in [2.45, 2.75) is 77.8 Å². The van der Waals surface area contributed by atoms with Crippen LogP contribution in [0.3, 0.4) is 0 Å². The number of nitrogens with zero attached hydrogens (tertiary/aromatic N) is 1. The van der Waals surface area contributed by atoms with E-state index in [0.29, 0.717) is 12.5 Å². The summed E-state index contributed by atoms with van der Waals surface area (Å²) in [5.74, 6) is -1.05. The van der Waals surface area contributed by atoms with Crippen LogP contribution < -0.4 is 5.32 Å². The number of rotatable bonds is 6. The van der Waals surface area contributed by atoms with Gasteiger partial charge in [0.2, 0.25) is 0 Å². The van der Waals surface area contributed by atoms with Crippen molar-refractivity contribution in [3.05, 3.63) is 0 Å². The second-order valence-corrected chi connectivity index (χ2v) is 6.41. The summed E-state index contributed by atoms with van der Waals surface area (Å²) in [7, 11) is 0. The first-order valence-electron chi connectivity index (χ1n) is 8.21. The Balaban J connectivity index is 2.30. The van der Waals surface area contributed by atoms with E-state index in [0.717, 1.165) is 32.2 Å². The number of carboxylic acids is 1. The third kappa shape index (κ3) is 6.36. The third-order valence-electron chi connectivity index (χ3n) is 4.38. The number of urea groups is 1. The van der Waals surface area contributed by atoms with Crippen LogP contribution in [0.15, 0.2) is 0 Å². The van der Waals surface area contributed by atoms with Gasteiger partial charge in [0.25, 0.3) is 0 Å². The molecule has 1 heterocycles. The molecule has 2 amide bonds. The minimum absolute atomic E-state index is 0.0307. The number of amides is 2. The van der Waals surface area contributed by atoms with Crippen molar-refractivity contribution in [1.29, 1.82) is 0 Å². The molecule has 1 aliphatic heterocycles. The lowest BCUT2D eigenvalue weighted by Gasteiger charge is -2.29. The van der Waals surface area contributed by atoms with Crippen LogP contribution in [-0.2, 0) is 4.79 Å². The Kier molecular flexibility index (Phi) is 7.54. The van der Waals surface area contributed by atoms with Gasteiger partial charge < -0.3 is 15.3 Å². The monoisotopic (exact) mass is 298 g/mol. The smallest absolute Gasteiger partial charge is 0.317 e. The summed E-state index contributed by atoms with van der Waals surface area (Å²) in [6.45, 7) is 6.68. The summed E-state index contributed by atoms with van der Waals surface area (Å²) >= 11 is 0. The lowest BCUT2D eigenvalue weighted by molar-refractivity contribution is -0.141. The van der Waals surface area contributed by atoms with Gasteiger partial charge in [0.1, 0.15) is 0 Å². The molecule has 21 heavy (non-hydrogen) atoms. The Morgan fingerprint density at radius 2 is 1.95 bits per heavy atom. The summed E-state index contributed by atoms with van der Waals surface area (Å²) in [6, 6.07) is 0.434. The van der Waals surface area contributed by atoms with Gasteiger partial charge in [-0.15, -0.1) is 0 Å². The zero-order valence-corrected chi connectivity index (χ0v) is 13.6. The fourth-order valence-corrected chi connectivity index (χ4v) is 2.80. The molecule has 1 rings (SSSR count). The molecule has 0 aromatic carbocycles. The molecule has 0 aliphatic carbocycles. The van der Waals surface area contributed by atoms with E-state index in [9.17, 15) is 9.59 Å². The van der Waals surface area contributed by atoms with Crippen LogP contribution in [0.5, 0.6) is 0 Å². The molecule has 0 bridgehead atoms. The highest BCUT2D eigenvalue weighted by Gasteiger charge is 2.22. The molecule has 122 valence electrons. The van der Waals surface area contributed by atoms with Gasteiger partial charge in [-0.05, 0) is 39.5 Å². The van der Waals surface area contributed by atoms with E-state index >= 15 is 0 Å². The molecule has 5 heteroatoms. The van der Waals surface area contributed by atoms with E-state index in [4.69, 9.17) is 5.11 Å². The van der Waals surface area contributed by atoms with E-state index in [1.54, 1.807) is 6.92 Å². The number of carboxylic acid groups (broad SMARTS) is 1. The molecule has 0 saturated carbocycles. The molecule has 3 unspecified atom stereocenters. The first-order chi connectivity index (χ1) is 9.91. The van der Waals surface area contributed by atoms with Crippen LogP contribution in [0.4, 0.5) is 4.79 Å². The number of hydrogen-bond acceptors (Lipinski definition) is 2. The fourth-order valence-electron chi connectivity index (χ4n) is 2.80. The van der Waals surface area contributed by atoms with E-state index in [-0.39, 0.29) is 18.0 Å². The third-order valence-corrected chi connectivity index (χ3v) is 4.38. The minimum Gasteiger partial charge on any atom is -0.481 e. The number of carbonyl (C=O) groups is 2. The first-order valence-corrected chi connectivity index (χ1v) is 8.21. The molecule has 3 atom stereocenters. The molecule has 1 aliphatic rings. The van der Waals surface area contributed by atoms with E-state index in [1.165, 1.54) is 12.8 Å². The van der Waals surface area contributed by atoms with Crippen LogP contribution in [0.2, 0.25) is 0 Å².